The number of nitrogens with one attached hydrogen (secondary N) is 1. The summed E-state index contributed by atoms with van der Waals surface area (Å²) in [5.74, 6) is 0. The summed E-state index contributed by atoms with van der Waals surface area (Å²) in [6.07, 6.45) is 4.79. The largest absolute Gasteiger partial charge is 0.299 e. The van der Waals surface area contributed by atoms with E-state index < -0.39 is 10.0 Å². The molecule has 2 rings (SSSR count). The normalized spacial score (nSPS) is 17.7. The molecule has 1 atom stereocenters. The monoisotopic (exact) mass is 304 g/mol. The van der Waals surface area contributed by atoms with E-state index in [2.05, 4.69) is 19.6 Å². The second-order valence-corrected chi connectivity index (χ2v) is 6.89. The van der Waals surface area contributed by atoms with Crippen LogP contribution in [-0.2, 0) is 10.0 Å². The molecule has 19 heavy (non-hydrogen) atoms. The molecule has 1 aromatic heterocycles. The lowest BCUT2D eigenvalue weighted by Crippen LogP contribution is -2.41. The summed E-state index contributed by atoms with van der Waals surface area (Å²) >= 11 is 5.53. The SMILES string of the molecule is CC(CNS(=O)(=O)c1cnc(Cl)nc1)N(C)C1CC1. The van der Waals surface area contributed by atoms with E-state index in [9.17, 15) is 8.42 Å². The molecule has 0 radical (unpaired) electrons. The van der Waals surface area contributed by atoms with E-state index in [1.165, 1.54) is 25.2 Å². The fourth-order valence-electron chi connectivity index (χ4n) is 1.74. The lowest BCUT2D eigenvalue weighted by molar-refractivity contribution is 0.248. The van der Waals surface area contributed by atoms with Gasteiger partial charge in [0.15, 0.2) is 0 Å². The Balaban J connectivity index is 1.95. The quantitative estimate of drug-likeness (QED) is 0.790. The van der Waals surface area contributed by atoms with Gasteiger partial charge in [0.05, 0.1) is 12.4 Å². The van der Waals surface area contributed by atoms with Gasteiger partial charge in [0.25, 0.3) is 0 Å². The van der Waals surface area contributed by atoms with Crippen LogP contribution in [0.3, 0.4) is 0 Å². The van der Waals surface area contributed by atoms with Crippen molar-refractivity contribution in [1.82, 2.24) is 19.6 Å². The van der Waals surface area contributed by atoms with Crippen molar-refractivity contribution in [1.29, 1.82) is 0 Å². The maximum absolute atomic E-state index is 12.0. The average molecular weight is 305 g/mol. The van der Waals surface area contributed by atoms with Crippen LogP contribution in [0.5, 0.6) is 0 Å². The molecule has 1 heterocycles. The van der Waals surface area contributed by atoms with Gasteiger partial charge in [-0.25, -0.2) is 23.1 Å². The summed E-state index contributed by atoms with van der Waals surface area (Å²) in [6.45, 7) is 2.36. The van der Waals surface area contributed by atoms with Gasteiger partial charge < -0.3 is 0 Å². The molecule has 0 aliphatic heterocycles. The van der Waals surface area contributed by atoms with Crippen molar-refractivity contribution < 1.29 is 8.42 Å². The van der Waals surface area contributed by atoms with Gasteiger partial charge >= 0.3 is 0 Å². The number of hydrogen-bond acceptors (Lipinski definition) is 5. The van der Waals surface area contributed by atoms with Gasteiger partial charge in [-0.05, 0) is 38.4 Å². The molecule has 0 bridgehead atoms. The zero-order valence-corrected chi connectivity index (χ0v) is 12.4. The molecule has 0 saturated heterocycles. The maximum atomic E-state index is 12.0. The first kappa shape index (κ1) is 14.6. The zero-order valence-electron chi connectivity index (χ0n) is 10.9. The molecule has 1 fully saturated rings. The van der Waals surface area contributed by atoms with Crippen LogP contribution >= 0.6 is 11.6 Å². The first-order chi connectivity index (χ1) is 8.90. The summed E-state index contributed by atoms with van der Waals surface area (Å²) in [5, 5.41) is 0.0285. The Morgan fingerprint density at radius 2 is 2.05 bits per heavy atom. The molecule has 0 amide bonds. The first-order valence-corrected chi connectivity index (χ1v) is 7.95. The standard InChI is InChI=1S/C11H17ClN4O2S/c1-8(16(2)9-3-4-9)5-15-19(17,18)10-6-13-11(12)14-7-10/h6-9,15H,3-5H2,1-2H3. The third kappa shape index (κ3) is 3.85. The fourth-order valence-corrected chi connectivity index (χ4v) is 2.85. The molecule has 1 aromatic rings. The van der Waals surface area contributed by atoms with Crippen LogP contribution in [0.4, 0.5) is 0 Å². The lowest BCUT2D eigenvalue weighted by Gasteiger charge is -2.24. The van der Waals surface area contributed by atoms with E-state index in [1.807, 2.05) is 14.0 Å². The summed E-state index contributed by atoms with van der Waals surface area (Å²) in [5.41, 5.74) is 0. The van der Waals surface area contributed by atoms with Crippen molar-refractivity contribution in [3.8, 4) is 0 Å². The molecule has 8 heteroatoms. The number of sulfonamides is 1. The van der Waals surface area contributed by atoms with Crippen molar-refractivity contribution in [2.75, 3.05) is 13.6 Å². The Labute approximate surface area is 118 Å². The molecule has 0 spiro atoms. The summed E-state index contributed by atoms with van der Waals surface area (Å²) in [4.78, 5) is 9.56. The molecule has 1 N–H and O–H groups in total. The molecule has 1 saturated carbocycles. The zero-order chi connectivity index (χ0) is 14.0. The predicted molar refractivity (Wildman–Crippen MR) is 72.5 cm³/mol. The van der Waals surface area contributed by atoms with E-state index in [-0.39, 0.29) is 16.2 Å². The smallest absolute Gasteiger partial charge is 0.243 e. The molecule has 1 unspecified atom stereocenters. The molecule has 1 aliphatic rings. The van der Waals surface area contributed by atoms with Crippen LogP contribution in [0.2, 0.25) is 5.28 Å². The van der Waals surface area contributed by atoms with Crippen molar-refractivity contribution >= 4 is 21.6 Å². The van der Waals surface area contributed by atoms with Crippen LogP contribution in [-0.4, -0.2) is 49.0 Å². The maximum Gasteiger partial charge on any atom is 0.243 e. The van der Waals surface area contributed by atoms with Crippen molar-refractivity contribution in [3.05, 3.63) is 17.7 Å². The minimum Gasteiger partial charge on any atom is -0.299 e. The van der Waals surface area contributed by atoms with Gasteiger partial charge in [0.2, 0.25) is 15.3 Å². The Kier molecular flexibility index (Phi) is 4.39. The average Bonchev–Trinajstić information content (AvgIpc) is 3.20. The second-order valence-electron chi connectivity index (χ2n) is 4.79. The second kappa shape index (κ2) is 5.70. The number of halogens is 1. The topological polar surface area (TPSA) is 75.2 Å². The summed E-state index contributed by atoms with van der Waals surface area (Å²) < 4.78 is 26.6. The third-order valence-corrected chi connectivity index (χ3v) is 4.87. The van der Waals surface area contributed by atoms with Crippen LogP contribution in [0.1, 0.15) is 19.8 Å². The number of nitrogens with zero attached hydrogens (tertiary/aromatic N) is 3. The third-order valence-electron chi connectivity index (χ3n) is 3.29. The van der Waals surface area contributed by atoms with E-state index in [1.54, 1.807) is 0 Å². The highest BCUT2D eigenvalue weighted by Gasteiger charge is 2.29. The molecular formula is C11H17ClN4O2S. The van der Waals surface area contributed by atoms with Crippen LogP contribution in [0.15, 0.2) is 17.3 Å². The number of likely N-dealkylation sites (N-methyl/N-ethyl adjacent to an activating group) is 1. The highest BCUT2D eigenvalue weighted by Crippen LogP contribution is 2.26. The Hall–Kier alpha value is -0.760. The summed E-state index contributed by atoms with van der Waals surface area (Å²) in [6, 6.07) is 0.744. The minimum absolute atomic E-state index is 0.0261. The van der Waals surface area contributed by atoms with Gasteiger partial charge in [-0.15, -0.1) is 0 Å². The molecule has 6 nitrogen and oxygen atoms in total. The van der Waals surface area contributed by atoms with Gasteiger partial charge in [-0.1, -0.05) is 0 Å². The van der Waals surface area contributed by atoms with Crippen LogP contribution in [0, 0.1) is 0 Å². The Bertz CT molecular complexity index is 530. The van der Waals surface area contributed by atoms with E-state index in [4.69, 9.17) is 11.6 Å². The van der Waals surface area contributed by atoms with Crippen LogP contribution in [0.25, 0.3) is 0 Å². The number of aromatic nitrogens is 2. The van der Waals surface area contributed by atoms with Gasteiger partial charge in [-0.3, -0.25) is 4.90 Å². The van der Waals surface area contributed by atoms with Gasteiger partial charge in [0, 0.05) is 18.6 Å². The fraction of sp³-hybridized carbons (Fsp3) is 0.636. The van der Waals surface area contributed by atoms with E-state index in [0.29, 0.717) is 12.6 Å². The lowest BCUT2D eigenvalue weighted by atomic mass is 10.3. The summed E-state index contributed by atoms with van der Waals surface area (Å²) in [7, 11) is -1.56. The van der Waals surface area contributed by atoms with Gasteiger partial charge in [-0.2, -0.15) is 0 Å². The highest BCUT2D eigenvalue weighted by molar-refractivity contribution is 7.89. The first-order valence-electron chi connectivity index (χ1n) is 6.09. The highest BCUT2D eigenvalue weighted by atomic mass is 35.5. The molecule has 1 aliphatic carbocycles. The number of rotatable bonds is 6. The Morgan fingerprint density at radius 1 is 1.47 bits per heavy atom. The predicted octanol–water partition coefficient (Wildman–Crippen LogP) is 0.891. The van der Waals surface area contributed by atoms with E-state index in [0.717, 1.165) is 0 Å². The minimum atomic E-state index is -3.57. The van der Waals surface area contributed by atoms with Gasteiger partial charge in [0.1, 0.15) is 4.90 Å². The molecule has 0 aromatic carbocycles. The van der Waals surface area contributed by atoms with Crippen LogP contribution < -0.4 is 4.72 Å². The Morgan fingerprint density at radius 3 is 2.58 bits per heavy atom. The molecule has 106 valence electrons. The van der Waals surface area contributed by atoms with Crippen molar-refractivity contribution in [2.24, 2.45) is 0 Å². The van der Waals surface area contributed by atoms with E-state index >= 15 is 0 Å². The van der Waals surface area contributed by atoms with Crippen molar-refractivity contribution in [3.63, 3.8) is 0 Å². The van der Waals surface area contributed by atoms with Crippen molar-refractivity contribution in [2.45, 2.75) is 36.7 Å². The number of hydrogen-bond donors (Lipinski definition) is 1. The molecular weight excluding hydrogens is 288 g/mol.